The molecule has 0 aliphatic heterocycles. The van der Waals surface area contributed by atoms with Crippen LogP contribution in [0.3, 0.4) is 0 Å². The summed E-state index contributed by atoms with van der Waals surface area (Å²) in [4.78, 5) is 11.9. The number of rotatable bonds is 7. The van der Waals surface area contributed by atoms with Gasteiger partial charge in [-0.05, 0) is 42.9 Å². The molecule has 1 N–H and O–H groups in total. The van der Waals surface area contributed by atoms with Crippen LogP contribution in [0.5, 0.6) is 5.75 Å². The van der Waals surface area contributed by atoms with Crippen molar-refractivity contribution in [2.24, 2.45) is 5.92 Å². The lowest BCUT2D eigenvalue weighted by Crippen LogP contribution is -2.19. The van der Waals surface area contributed by atoms with Crippen LogP contribution in [-0.2, 0) is 9.53 Å². The highest BCUT2D eigenvalue weighted by Gasteiger charge is 2.21. The molecule has 2 unspecified atom stereocenters. The summed E-state index contributed by atoms with van der Waals surface area (Å²) < 4.78 is 5.22. The zero-order chi connectivity index (χ0) is 14.3. The van der Waals surface area contributed by atoms with Gasteiger partial charge in [-0.3, -0.25) is 4.79 Å². The minimum atomic E-state index is -0.0880. The van der Waals surface area contributed by atoms with Crippen molar-refractivity contribution in [3.05, 3.63) is 29.8 Å². The minimum Gasteiger partial charge on any atom is -0.508 e. The molecule has 3 heteroatoms. The number of benzene rings is 1. The first kappa shape index (κ1) is 15.5. The minimum absolute atomic E-state index is 0.0460. The summed E-state index contributed by atoms with van der Waals surface area (Å²) >= 11 is 0. The number of carbonyl (C=O) groups is 1. The monoisotopic (exact) mass is 264 g/mol. The van der Waals surface area contributed by atoms with E-state index in [9.17, 15) is 9.90 Å². The van der Waals surface area contributed by atoms with E-state index >= 15 is 0 Å². The summed E-state index contributed by atoms with van der Waals surface area (Å²) in [6.45, 7) is 6.61. The summed E-state index contributed by atoms with van der Waals surface area (Å²) in [6.07, 6.45) is 2.44. The smallest absolute Gasteiger partial charge is 0.308 e. The van der Waals surface area contributed by atoms with Gasteiger partial charge in [0, 0.05) is 0 Å². The van der Waals surface area contributed by atoms with Crippen LogP contribution in [-0.4, -0.2) is 17.7 Å². The molecule has 0 fully saturated rings. The van der Waals surface area contributed by atoms with E-state index in [4.69, 9.17) is 4.74 Å². The Kier molecular flexibility index (Phi) is 6.40. The van der Waals surface area contributed by atoms with E-state index in [2.05, 4.69) is 6.92 Å². The molecule has 19 heavy (non-hydrogen) atoms. The maximum atomic E-state index is 11.9. The van der Waals surface area contributed by atoms with Crippen molar-refractivity contribution in [3.8, 4) is 5.75 Å². The molecule has 106 valence electrons. The summed E-state index contributed by atoms with van der Waals surface area (Å²) in [7, 11) is 0. The van der Waals surface area contributed by atoms with Crippen molar-refractivity contribution in [1.29, 1.82) is 0 Å². The maximum Gasteiger partial charge on any atom is 0.308 e. The average Bonchev–Trinajstić information content (AvgIpc) is 2.42. The number of aromatic hydroxyl groups is 1. The lowest BCUT2D eigenvalue weighted by Gasteiger charge is -2.19. The van der Waals surface area contributed by atoms with Crippen LogP contribution >= 0.6 is 0 Å². The second kappa shape index (κ2) is 7.82. The summed E-state index contributed by atoms with van der Waals surface area (Å²) in [5, 5.41) is 9.28. The van der Waals surface area contributed by atoms with Gasteiger partial charge in [0.2, 0.25) is 0 Å². The number of phenols is 1. The molecule has 0 radical (unpaired) electrons. The fourth-order valence-corrected chi connectivity index (χ4v) is 2.12. The first-order valence-electron chi connectivity index (χ1n) is 7.04. The van der Waals surface area contributed by atoms with Crippen LogP contribution in [0.25, 0.3) is 0 Å². The molecule has 0 amide bonds. The highest BCUT2D eigenvalue weighted by Crippen LogP contribution is 2.27. The van der Waals surface area contributed by atoms with Gasteiger partial charge in [0.1, 0.15) is 5.75 Å². The van der Waals surface area contributed by atoms with Crippen LogP contribution in [0.1, 0.15) is 51.5 Å². The van der Waals surface area contributed by atoms with Crippen molar-refractivity contribution in [3.63, 3.8) is 0 Å². The molecule has 0 saturated carbocycles. The predicted molar refractivity (Wildman–Crippen MR) is 76.2 cm³/mol. The van der Waals surface area contributed by atoms with Gasteiger partial charge in [-0.25, -0.2) is 0 Å². The SMILES string of the molecule is CCCOC(=O)C(CC)CC(C)c1ccc(O)cc1. The highest BCUT2D eigenvalue weighted by atomic mass is 16.5. The van der Waals surface area contributed by atoms with Crippen LogP contribution in [0.2, 0.25) is 0 Å². The number of ether oxygens (including phenoxy) is 1. The topological polar surface area (TPSA) is 46.5 Å². The molecule has 0 spiro atoms. The fourth-order valence-electron chi connectivity index (χ4n) is 2.12. The van der Waals surface area contributed by atoms with Gasteiger partial charge in [-0.2, -0.15) is 0 Å². The Hall–Kier alpha value is -1.51. The van der Waals surface area contributed by atoms with E-state index in [-0.39, 0.29) is 23.6 Å². The number of hydrogen-bond acceptors (Lipinski definition) is 3. The Morgan fingerprint density at radius 2 is 1.89 bits per heavy atom. The van der Waals surface area contributed by atoms with Crippen molar-refractivity contribution in [1.82, 2.24) is 0 Å². The third-order valence-electron chi connectivity index (χ3n) is 3.37. The third kappa shape index (κ3) is 4.93. The normalized spacial score (nSPS) is 13.8. The van der Waals surface area contributed by atoms with Crippen molar-refractivity contribution in [2.75, 3.05) is 6.61 Å². The Balaban J connectivity index is 2.59. The summed E-state index contributed by atoms with van der Waals surface area (Å²) in [6, 6.07) is 7.18. The van der Waals surface area contributed by atoms with Gasteiger partial charge in [0.15, 0.2) is 0 Å². The zero-order valence-electron chi connectivity index (χ0n) is 12.1. The van der Waals surface area contributed by atoms with Gasteiger partial charge in [0.25, 0.3) is 0 Å². The third-order valence-corrected chi connectivity index (χ3v) is 3.37. The Labute approximate surface area is 115 Å². The number of esters is 1. The second-order valence-corrected chi connectivity index (χ2v) is 5.00. The molecule has 0 saturated heterocycles. The van der Waals surface area contributed by atoms with Gasteiger partial charge in [-0.15, -0.1) is 0 Å². The summed E-state index contributed by atoms with van der Waals surface area (Å²) in [5.74, 6) is 0.412. The maximum absolute atomic E-state index is 11.9. The second-order valence-electron chi connectivity index (χ2n) is 5.00. The number of hydrogen-bond donors (Lipinski definition) is 1. The number of carbonyl (C=O) groups excluding carboxylic acids is 1. The van der Waals surface area contributed by atoms with E-state index < -0.39 is 0 Å². The van der Waals surface area contributed by atoms with Crippen LogP contribution in [0, 0.1) is 5.92 Å². The molecule has 0 aromatic heterocycles. The molecule has 0 bridgehead atoms. The Morgan fingerprint density at radius 3 is 2.42 bits per heavy atom. The molecule has 1 aromatic carbocycles. The molecule has 1 rings (SSSR count). The van der Waals surface area contributed by atoms with E-state index in [0.29, 0.717) is 6.61 Å². The molecule has 3 nitrogen and oxygen atoms in total. The zero-order valence-corrected chi connectivity index (χ0v) is 12.1. The Morgan fingerprint density at radius 1 is 1.26 bits per heavy atom. The van der Waals surface area contributed by atoms with Crippen molar-refractivity contribution in [2.45, 2.75) is 46.0 Å². The number of phenolic OH excluding ortho intramolecular Hbond substituents is 1. The van der Waals surface area contributed by atoms with Crippen molar-refractivity contribution < 1.29 is 14.6 Å². The Bertz CT molecular complexity index is 383. The van der Waals surface area contributed by atoms with Crippen LogP contribution < -0.4 is 0 Å². The molecule has 1 aromatic rings. The van der Waals surface area contributed by atoms with Gasteiger partial charge in [-0.1, -0.05) is 32.9 Å². The molecular formula is C16H24O3. The first-order valence-corrected chi connectivity index (χ1v) is 7.04. The van der Waals surface area contributed by atoms with E-state index in [1.807, 2.05) is 26.0 Å². The largest absolute Gasteiger partial charge is 0.508 e. The molecule has 2 atom stereocenters. The van der Waals surface area contributed by atoms with Crippen LogP contribution in [0.15, 0.2) is 24.3 Å². The fraction of sp³-hybridized carbons (Fsp3) is 0.562. The molecular weight excluding hydrogens is 240 g/mol. The van der Waals surface area contributed by atoms with Gasteiger partial charge >= 0.3 is 5.97 Å². The first-order chi connectivity index (χ1) is 9.08. The van der Waals surface area contributed by atoms with Gasteiger partial charge in [0.05, 0.1) is 12.5 Å². The van der Waals surface area contributed by atoms with E-state index in [0.717, 1.165) is 24.8 Å². The van der Waals surface area contributed by atoms with Crippen LogP contribution in [0.4, 0.5) is 0 Å². The van der Waals surface area contributed by atoms with E-state index in [1.54, 1.807) is 12.1 Å². The predicted octanol–water partition coefficient (Wildman–Crippen LogP) is 3.87. The van der Waals surface area contributed by atoms with Gasteiger partial charge < -0.3 is 9.84 Å². The molecule has 0 aliphatic carbocycles. The molecule has 0 aliphatic rings. The standard InChI is InChI=1S/C16H24O3/c1-4-10-19-16(18)13(5-2)11-12(3)14-6-8-15(17)9-7-14/h6-9,12-13,17H,4-5,10-11H2,1-3H3. The lowest BCUT2D eigenvalue weighted by molar-refractivity contribution is -0.149. The van der Waals surface area contributed by atoms with E-state index in [1.165, 1.54) is 0 Å². The van der Waals surface area contributed by atoms with Crippen molar-refractivity contribution >= 4 is 5.97 Å². The molecule has 0 heterocycles. The average molecular weight is 264 g/mol. The quantitative estimate of drug-likeness (QED) is 0.760. The summed E-state index contributed by atoms with van der Waals surface area (Å²) in [5.41, 5.74) is 1.14. The lowest BCUT2D eigenvalue weighted by atomic mass is 9.89. The highest BCUT2D eigenvalue weighted by molar-refractivity contribution is 5.72.